The van der Waals surface area contributed by atoms with Crippen LogP contribution in [0.2, 0.25) is 0 Å². The van der Waals surface area contributed by atoms with Gasteiger partial charge in [0, 0.05) is 16.7 Å². The zero-order valence-corrected chi connectivity index (χ0v) is 11.9. The Bertz CT molecular complexity index is 570. The Balaban J connectivity index is 1.93. The second-order valence-corrected chi connectivity index (χ2v) is 5.02. The van der Waals surface area contributed by atoms with E-state index in [9.17, 15) is 4.79 Å². The molecule has 98 valence electrons. The molecule has 0 aliphatic rings. The van der Waals surface area contributed by atoms with E-state index in [-0.39, 0.29) is 5.56 Å². The molecule has 0 amide bonds. The lowest BCUT2D eigenvalue weighted by Gasteiger charge is -2.08. The lowest BCUT2D eigenvalue weighted by Crippen LogP contribution is -2.05. The number of carbonyl (C=O) groups is 1. The van der Waals surface area contributed by atoms with E-state index < -0.39 is 5.97 Å². The molecule has 3 nitrogen and oxygen atoms in total. The molecule has 0 bridgehead atoms. The standard InChI is InChI=1S/C15H14BrNO2/c16-14-10-12(6-7-13(14)15(18)19)17-9-8-11-4-2-1-3-5-11/h1-7,10,17H,8-9H2,(H,18,19). The van der Waals surface area contributed by atoms with Gasteiger partial charge in [0.2, 0.25) is 0 Å². The maximum absolute atomic E-state index is 10.9. The summed E-state index contributed by atoms with van der Waals surface area (Å²) in [6.45, 7) is 0.808. The Hall–Kier alpha value is -1.81. The van der Waals surface area contributed by atoms with Gasteiger partial charge in [0.05, 0.1) is 5.56 Å². The van der Waals surface area contributed by atoms with E-state index >= 15 is 0 Å². The average molecular weight is 320 g/mol. The van der Waals surface area contributed by atoms with Crippen molar-refractivity contribution in [2.24, 2.45) is 0 Å². The van der Waals surface area contributed by atoms with Gasteiger partial charge >= 0.3 is 5.97 Å². The summed E-state index contributed by atoms with van der Waals surface area (Å²) in [5, 5.41) is 12.2. The molecule has 4 heteroatoms. The predicted octanol–water partition coefficient (Wildman–Crippen LogP) is 3.80. The third kappa shape index (κ3) is 3.83. The maximum atomic E-state index is 10.9. The Kier molecular flexibility index (Phi) is 4.58. The summed E-state index contributed by atoms with van der Waals surface area (Å²) in [7, 11) is 0. The Morgan fingerprint density at radius 3 is 2.53 bits per heavy atom. The van der Waals surface area contributed by atoms with Crippen LogP contribution in [0, 0.1) is 0 Å². The number of carboxylic acids is 1. The minimum Gasteiger partial charge on any atom is -0.478 e. The first-order valence-corrected chi connectivity index (χ1v) is 6.77. The second kappa shape index (κ2) is 6.38. The molecule has 0 aliphatic carbocycles. The molecule has 0 aromatic heterocycles. The molecule has 2 aromatic carbocycles. The maximum Gasteiger partial charge on any atom is 0.336 e. The van der Waals surface area contributed by atoms with E-state index in [2.05, 4.69) is 33.4 Å². The van der Waals surface area contributed by atoms with E-state index in [0.717, 1.165) is 18.7 Å². The topological polar surface area (TPSA) is 49.3 Å². The van der Waals surface area contributed by atoms with Crippen molar-refractivity contribution in [2.75, 3.05) is 11.9 Å². The first-order valence-electron chi connectivity index (χ1n) is 5.97. The average Bonchev–Trinajstić information content (AvgIpc) is 2.39. The van der Waals surface area contributed by atoms with Crippen molar-refractivity contribution in [1.29, 1.82) is 0 Å². The number of aromatic carboxylic acids is 1. The van der Waals surface area contributed by atoms with Crippen LogP contribution in [-0.2, 0) is 6.42 Å². The van der Waals surface area contributed by atoms with E-state index in [0.29, 0.717) is 4.47 Å². The Morgan fingerprint density at radius 1 is 1.16 bits per heavy atom. The van der Waals surface area contributed by atoms with Crippen molar-refractivity contribution in [2.45, 2.75) is 6.42 Å². The molecular formula is C15H14BrNO2. The molecule has 0 spiro atoms. The molecule has 2 N–H and O–H groups in total. The van der Waals surface area contributed by atoms with Gasteiger partial charge in [-0.15, -0.1) is 0 Å². The third-order valence-corrected chi connectivity index (χ3v) is 3.44. The summed E-state index contributed by atoms with van der Waals surface area (Å²) in [5.41, 5.74) is 2.46. The SMILES string of the molecule is O=C(O)c1ccc(NCCc2ccccc2)cc1Br. The molecule has 2 rings (SSSR count). The molecule has 0 saturated carbocycles. The largest absolute Gasteiger partial charge is 0.478 e. The van der Waals surface area contributed by atoms with E-state index in [4.69, 9.17) is 5.11 Å². The molecule has 0 fully saturated rings. The molecule has 0 heterocycles. The van der Waals surface area contributed by atoms with Gasteiger partial charge in [-0.2, -0.15) is 0 Å². The highest BCUT2D eigenvalue weighted by Gasteiger charge is 2.07. The van der Waals surface area contributed by atoms with E-state index in [1.807, 2.05) is 18.2 Å². The lowest BCUT2D eigenvalue weighted by molar-refractivity contribution is 0.0696. The molecule has 0 radical (unpaired) electrons. The van der Waals surface area contributed by atoms with Crippen LogP contribution in [0.5, 0.6) is 0 Å². The predicted molar refractivity (Wildman–Crippen MR) is 79.7 cm³/mol. The monoisotopic (exact) mass is 319 g/mol. The van der Waals surface area contributed by atoms with Crippen LogP contribution < -0.4 is 5.32 Å². The van der Waals surface area contributed by atoms with Crippen molar-refractivity contribution in [3.05, 3.63) is 64.1 Å². The van der Waals surface area contributed by atoms with Crippen LogP contribution in [0.25, 0.3) is 0 Å². The number of hydrogen-bond acceptors (Lipinski definition) is 2. The van der Waals surface area contributed by atoms with Gasteiger partial charge < -0.3 is 10.4 Å². The van der Waals surface area contributed by atoms with Crippen LogP contribution in [0.4, 0.5) is 5.69 Å². The number of hydrogen-bond donors (Lipinski definition) is 2. The molecule has 2 aromatic rings. The van der Waals surface area contributed by atoms with Gasteiger partial charge in [-0.1, -0.05) is 30.3 Å². The fourth-order valence-electron chi connectivity index (χ4n) is 1.79. The summed E-state index contributed by atoms with van der Waals surface area (Å²) >= 11 is 3.26. The second-order valence-electron chi connectivity index (χ2n) is 4.16. The van der Waals surface area contributed by atoms with Gasteiger partial charge in [0.25, 0.3) is 0 Å². The van der Waals surface area contributed by atoms with Crippen molar-refractivity contribution in [3.8, 4) is 0 Å². The fraction of sp³-hybridized carbons (Fsp3) is 0.133. The quantitative estimate of drug-likeness (QED) is 0.881. The number of rotatable bonds is 5. The molecule has 0 aliphatic heterocycles. The summed E-state index contributed by atoms with van der Waals surface area (Å²) in [4.78, 5) is 10.9. The fourth-order valence-corrected chi connectivity index (χ4v) is 2.34. The van der Waals surface area contributed by atoms with Crippen molar-refractivity contribution in [1.82, 2.24) is 0 Å². The molecule has 0 atom stereocenters. The van der Waals surface area contributed by atoms with Gasteiger partial charge in [-0.25, -0.2) is 4.79 Å². The normalized spacial score (nSPS) is 10.2. The highest BCUT2D eigenvalue weighted by molar-refractivity contribution is 9.10. The van der Waals surface area contributed by atoms with Crippen LogP contribution in [0.15, 0.2) is 53.0 Å². The molecule has 19 heavy (non-hydrogen) atoms. The number of halogens is 1. The van der Waals surface area contributed by atoms with Crippen molar-refractivity contribution in [3.63, 3.8) is 0 Å². The van der Waals surface area contributed by atoms with Gasteiger partial charge in [0.1, 0.15) is 0 Å². The van der Waals surface area contributed by atoms with Crippen LogP contribution in [0.3, 0.4) is 0 Å². The summed E-state index contributed by atoms with van der Waals surface area (Å²) in [6.07, 6.45) is 0.930. The minimum atomic E-state index is -0.928. The van der Waals surface area contributed by atoms with Crippen LogP contribution in [-0.4, -0.2) is 17.6 Å². The molecule has 0 saturated heterocycles. The van der Waals surface area contributed by atoms with Crippen LogP contribution in [0.1, 0.15) is 15.9 Å². The van der Waals surface area contributed by atoms with E-state index in [1.165, 1.54) is 5.56 Å². The summed E-state index contributed by atoms with van der Waals surface area (Å²) < 4.78 is 0.588. The molecular weight excluding hydrogens is 306 g/mol. The minimum absolute atomic E-state index is 0.272. The highest BCUT2D eigenvalue weighted by Crippen LogP contribution is 2.21. The van der Waals surface area contributed by atoms with Crippen molar-refractivity contribution >= 4 is 27.6 Å². The number of anilines is 1. The first kappa shape index (κ1) is 13.6. The Morgan fingerprint density at radius 2 is 1.89 bits per heavy atom. The van der Waals surface area contributed by atoms with Crippen LogP contribution >= 0.6 is 15.9 Å². The zero-order chi connectivity index (χ0) is 13.7. The first-order chi connectivity index (χ1) is 9.16. The smallest absolute Gasteiger partial charge is 0.336 e. The summed E-state index contributed by atoms with van der Waals surface area (Å²) in [5.74, 6) is -0.928. The lowest BCUT2D eigenvalue weighted by atomic mass is 10.1. The van der Waals surface area contributed by atoms with Gasteiger partial charge in [-0.05, 0) is 46.1 Å². The third-order valence-electron chi connectivity index (χ3n) is 2.79. The summed E-state index contributed by atoms with van der Waals surface area (Å²) in [6, 6.07) is 15.4. The number of benzene rings is 2. The van der Waals surface area contributed by atoms with E-state index in [1.54, 1.807) is 18.2 Å². The Labute approximate surface area is 120 Å². The highest BCUT2D eigenvalue weighted by atomic mass is 79.9. The number of nitrogens with one attached hydrogen (secondary N) is 1. The van der Waals surface area contributed by atoms with Crippen molar-refractivity contribution < 1.29 is 9.90 Å². The number of carboxylic acid groups (broad SMARTS) is 1. The van der Waals surface area contributed by atoms with Gasteiger partial charge in [0.15, 0.2) is 0 Å². The molecule has 0 unspecified atom stereocenters. The van der Waals surface area contributed by atoms with Gasteiger partial charge in [-0.3, -0.25) is 0 Å². The zero-order valence-electron chi connectivity index (χ0n) is 10.3.